The number of non-ortho nitro benzene ring substituents is 1. The maximum absolute atomic E-state index is 11.2. The van der Waals surface area contributed by atoms with E-state index in [1.165, 1.54) is 12.1 Å². The third-order valence-electron chi connectivity index (χ3n) is 3.06. The third-order valence-corrected chi connectivity index (χ3v) is 3.06. The Balaban J connectivity index is 2.75. The minimum atomic E-state index is -0.882. The molecule has 0 amide bonds. The summed E-state index contributed by atoms with van der Waals surface area (Å²) in [5.41, 5.74) is 0.850. The van der Waals surface area contributed by atoms with Crippen LogP contribution in [0.4, 0.5) is 5.69 Å². The topological polar surface area (TPSA) is 92.5 Å². The fourth-order valence-electron chi connectivity index (χ4n) is 1.99. The minimum Gasteiger partial charge on any atom is -0.480 e. The summed E-state index contributed by atoms with van der Waals surface area (Å²) in [6.07, 6.45) is 0.534. The molecule has 6 heteroatoms. The molecule has 1 rings (SSSR count). The first-order valence-electron chi connectivity index (χ1n) is 6.54. The van der Waals surface area contributed by atoms with Crippen LogP contribution in [0.5, 0.6) is 0 Å². The number of rotatable bonds is 7. The molecule has 2 atom stereocenters. The highest BCUT2D eigenvalue weighted by atomic mass is 16.6. The molecule has 2 unspecified atom stereocenters. The smallest absolute Gasteiger partial charge is 0.320 e. The summed E-state index contributed by atoms with van der Waals surface area (Å²) >= 11 is 0. The van der Waals surface area contributed by atoms with Crippen molar-refractivity contribution >= 4 is 11.7 Å². The molecule has 0 radical (unpaired) electrons. The van der Waals surface area contributed by atoms with Crippen molar-refractivity contribution in [2.45, 2.75) is 39.3 Å². The SMILES string of the molecule is CC(C)CC(NC(C)c1ccc([N+](=O)[O-])cc1)C(=O)O. The highest BCUT2D eigenvalue weighted by Crippen LogP contribution is 2.19. The number of carboxylic acid groups (broad SMARTS) is 1. The number of hydrogen-bond acceptors (Lipinski definition) is 4. The van der Waals surface area contributed by atoms with Gasteiger partial charge < -0.3 is 5.11 Å². The zero-order valence-corrected chi connectivity index (χ0v) is 11.9. The Labute approximate surface area is 118 Å². The summed E-state index contributed by atoms with van der Waals surface area (Å²) in [5, 5.41) is 22.8. The fourth-order valence-corrected chi connectivity index (χ4v) is 1.99. The Kier molecular flexibility index (Phi) is 5.64. The molecule has 0 aliphatic heterocycles. The average Bonchev–Trinajstić information content (AvgIpc) is 2.37. The van der Waals surface area contributed by atoms with Crippen LogP contribution in [0.3, 0.4) is 0 Å². The zero-order valence-electron chi connectivity index (χ0n) is 11.9. The van der Waals surface area contributed by atoms with Crippen molar-refractivity contribution < 1.29 is 14.8 Å². The predicted molar refractivity (Wildman–Crippen MR) is 75.5 cm³/mol. The van der Waals surface area contributed by atoms with Crippen molar-refractivity contribution in [3.63, 3.8) is 0 Å². The van der Waals surface area contributed by atoms with E-state index in [-0.39, 0.29) is 17.6 Å². The summed E-state index contributed by atoms with van der Waals surface area (Å²) in [6, 6.07) is 5.32. The van der Waals surface area contributed by atoms with E-state index in [0.717, 1.165) is 5.56 Å². The second-order valence-corrected chi connectivity index (χ2v) is 5.26. The molecular formula is C14H20N2O4. The van der Waals surface area contributed by atoms with E-state index in [2.05, 4.69) is 5.32 Å². The lowest BCUT2D eigenvalue weighted by molar-refractivity contribution is -0.384. The molecule has 0 aliphatic rings. The molecule has 2 N–H and O–H groups in total. The van der Waals surface area contributed by atoms with Crippen LogP contribution < -0.4 is 5.32 Å². The molecule has 0 heterocycles. The number of nitrogens with zero attached hydrogens (tertiary/aromatic N) is 1. The molecule has 20 heavy (non-hydrogen) atoms. The first kappa shape index (κ1) is 16.1. The molecule has 0 saturated carbocycles. The third kappa shape index (κ3) is 4.62. The normalized spacial score (nSPS) is 14.0. The van der Waals surface area contributed by atoms with E-state index in [0.29, 0.717) is 6.42 Å². The van der Waals surface area contributed by atoms with Crippen LogP contribution in [0.2, 0.25) is 0 Å². The van der Waals surface area contributed by atoms with Crippen molar-refractivity contribution in [1.29, 1.82) is 0 Å². The van der Waals surface area contributed by atoms with Crippen LogP contribution >= 0.6 is 0 Å². The lowest BCUT2D eigenvalue weighted by Crippen LogP contribution is -2.39. The summed E-state index contributed by atoms with van der Waals surface area (Å²) < 4.78 is 0. The van der Waals surface area contributed by atoms with Gasteiger partial charge in [-0.25, -0.2) is 0 Å². The second kappa shape index (κ2) is 7.00. The Morgan fingerprint density at radius 3 is 2.25 bits per heavy atom. The highest BCUT2D eigenvalue weighted by Gasteiger charge is 2.21. The van der Waals surface area contributed by atoms with Gasteiger partial charge in [-0.2, -0.15) is 0 Å². The van der Waals surface area contributed by atoms with E-state index < -0.39 is 16.9 Å². The van der Waals surface area contributed by atoms with Crippen LogP contribution in [0.15, 0.2) is 24.3 Å². The number of carboxylic acids is 1. The molecule has 6 nitrogen and oxygen atoms in total. The van der Waals surface area contributed by atoms with Crippen LogP contribution in [-0.2, 0) is 4.79 Å². The van der Waals surface area contributed by atoms with Crippen molar-refractivity contribution in [3.05, 3.63) is 39.9 Å². The second-order valence-electron chi connectivity index (χ2n) is 5.26. The monoisotopic (exact) mass is 280 g/mol. The molecular weight excluding hydrogens is 260 g/mol. The van der Waals surface area contributed by atoms with E-state index in [9.17, 15) is 20.0 Å². The quantitative estimate of drug-likeness (QED) is 0.591. The van der Waals surface area contributed by atoms with Gasteiger partial charge >= 0.3 is 5.97 Å². The number of carbonyl (C=O) groups is 1. The molecule has 0 saturated heterocycles. The van der Waals surface area contributed by atoms with Gasteiger partial charge in [0.2, 0.25) is 0 Å². The van der Waals surface area contributed by atoms with Gasteiger partial charge in [0.1, 0.15) is 6.04 Å². The standard InChI is InChI=1S/C14H20N2O4/c1-9(2)8-13(14(17)18)15-10(3)11-4-6-12(7-5-11)16(19)20/h4-7,9-10,13,15H,8H2,1-3H3,(H,17,18). The van der Waals surface area contributed by atoms with Crippen molar-refractivity contribution in [2.24, 2.45) is 5.92 Å². The van der Waals surface area contributed by atoms with E-state index in [1.54, 1.807) is 12.1 Å². The first-order valence-corrected chi connectivity index (χ1v) is 6.54. The molecule has 0 aliphatic carbocycles. The molecule has 0 fully saturated rings. The Hall–Kier alpha value is -1.95. The maximum atomic E-state index is 11.2. The molecule has 0 spiro atoms. The molecule has 1 aromatic rings. The first-order chi connectivity index (χ1) is 9.31. The van der Waals surface area contributed by atoms with Gasteiger partial charge in [-0.15, -0.1) is 0 Å². The lowest BCUT2D eigenvalue weighted by Gasteiger charge is -2.21. The van der Waals surface area contributed by atoms with Gasteiger partial charge in [0, 0.05) is 18.2 Å². The number of hydrogen-bond donors (Lipinski definition) is 2. The van der Waals surface area contributed by atoms with Crippen LogP contribution in [-0.4, -0.2) is 22.0 Å². The minimum absolute atomic E-state index is 0.0258. The van der Waals surface area contributed by atoms with Crippen LogP contribution in [0.25, 0.3) is 0 Å². The molecule has 0 aromatic heterocycles. The van der Waals surface area contributed by atoms with Gasteiger partial charge in [0.05, 0.1) is 4.92 Å². The van der Waals surface area contributed by atoms with Gasteiger partial charge in [0.15, 0.2) is 0 Å². The van der Waals surface area contributed by atoms with Gasteiger partial charge in [-0.05, 0) is 24.8 Å². The Bertz CT molecular complexity index is 471. The summed E-state index contributed by atoms with van der Waals surface area (Å²) in [5.74, 6) is -0.611. The van der Waals surface area contributed by atoms with Gasteiger partial charge in [-0.1, -0.05) is 26.0 Å². The highest BCUT2D eigenvalue weighted by molar-refractivity contribution is 5.73. The lowest BCUT2D eigenvalue weighted by atomic mass is 10.0. The number of nitro groups is 1. The van der Waals surface area contributed by atoms with Crippen molar-refractivity contribution in [3.8, 4) is 0 Å². The largest absolute Gasteiger partial charge is 0.480 e. The predicted octanol–water partition coefficient (Wildman–Crippen LogP) is 2.74. The molecule has 110 valence electrons. The number of benzene rings is 1. The van der Waals surface area contributed by atoms with Crippen LogP contribution in [0, 0.1) is 16.0 Å². The van der Waals surface area contributed by atoms with E-state index in [1.807, 2.05) is 20.8 Å². The van der Waals surface area contributed by atoms with Crippen LogP contribution in [0.1, 0.15) is 38.8 Å². The fraction of sp³-hybridized carbons (Fsp3) is 0.500. The molecule has 1 aromatic carbocycles. The maximum Gasteiger partial charge on any atom is 0.320 e. The van der Waals surface area contributed by atoms with Gasteiger partial charge in [-0.3, -0.25) is 20.2 Å². The number of aliphatic carboxylic acids is 1. The van der Waals surface area contributed by atoms with Gasteiger partial charge in [0.25, 0.3) is 5.69 Å². The summed E-state index contributed by atoms with van der Waals surface area (Å²) in [4.78, 5) is 21.3. The Morgan fingerprint density at radius 2 is 1.85 bits per heavy atom. The zero-order chi connectivity index (χ0) is 15.3. The number of nitro benzene ring substituents is 1. The van der Waals surface area contributed by atoms with Crippen molar-refractivity contribution in [2.75, 3.05) is 0 Å². The number of nitrogens with one attached hydrogen (secondary N) is 1. The van der Waals surface area contributed by atoms with E-state index in [4.69, 9.17) is 0 Å². The van der Waals surface area contributed by atoms with E-state index >= 15 is 0 Å². The summed E-state index contributed by atoms with van der Waals surface area (Å²) in [7, 11) is 0. The molecule has 0 bridgehead atoms. The Morgan fingerprint density at radius 1 is 1.30 bits per heavy atom. The average molecular weight is 280 g/mol. The van der Waals surface area contributed by atoms with Crippen molar-refractivity contribution in [1.82, 2.24) is 5.32 Å². The summed E-state index contributed by atoms with van der Waals surface area (Å²) in [6.45, 7) is 5.78.